The van der Waals surface area contributed by atoms with Gasteiger partial charge in [-0.25, -0.2) is 0 Å². The van der Waals surface area contributed by atoms with Crippen LogP contribution in [0.3, 0.4) is 0 Å². The van der Waals surface area contributed by atoms with Gasteiger partial charge in [-0.3, -0.25) is 4.98 Å². The monoisotopic (exact) mass is 279 g/mol. The second kappa shape index (κ2) is 6.55. The van der Waals surface area contributed by atoms with Crippen LogP contribution in [0.1, 0.15) is 37.1 Å². The lowest BCUT2D eigenvalue weighted by molar-refractivity contribution is 0.131. The molecular weight excluding hydrogens is 250 g/mol. The van der Waals surface area contributed by atoms with Crippen molar-refractivity contribution in [1.82, 2.24) is 9.88 Å². The molecule has 1 rings (SSSR count). The van der Waals surface area contributed by atoms with Crippen LogP contribution in [0.2, 0.25) is 0 Å². The predicted octanol–water partition coefficient (Wildman–Crippen LogP) is 2.31. The van der Waals surface area contributed by atoms with Gasteiger partial charge in [0.25, 0.3) is 0 Å². The number of nitrogens with two attached hydrogens (primary N) is 1. The minimum absolute atomic E-state index is 0.0288. The molecule has 2 N–H and O–H groups in total. The molecule has 0 bridgehead atoms. The molecule has 114 valence electrons. The number of aromatic nitrogens is 1. The molecule has 0 aromatic carbocycles. The van der Waals surface area contributed by atoms with Gasteiger partial charge < -0.3 is 15.4 Å². The minimum Gasteiger partial charge on any atom is -0.496 e. The van der Waals surface area contributed by atoms with Crippen molar-refractivity contribution in [3.63, 3.8) is 0 Å². The number of methoxy groups -OCH3 is 1. The van der Waals surface area contributed by atoms with Crippen LogP contribution in [0.5, 0.6) is 5.75 Å². The largest absolute Gasteiger partial charge is 0.496 e. The van der Waals surface area contributed by atoms with Crippen molar-refractivity contribution in [1.29, 1.82) is 0 Å². The predicted molar refractivity (Wildman–Crippen MR) is 84.3 cm³/mol. The van der Waals surface area contributed by atoms with E-state index in [0.717, 1.165) is 35.4 Å². The molecule has 0 saturated heterocycles. The molecule has 2 unspecified atom stereocenters. The number of aryl methyl sites for hydroxylation is 1. The smallest absolute Gasteiger partial charge is 0.128 e. The van der Waals surface area contributed by atoms with Gasteiger partial charge in [0.15, 0.2) is 0 Å². The van der Waals surface area contributed by atoms with Gasteiger partial charge in [0, 0.05) is 41.0 Å². The summed E-state index contributed by atoms with van der Waals surface area (Å²) in [5.41, 5.74) is 9.63. The molecule has 0 aliphatic carbocycles. The Bertz CT molecular complexity index is 459. The zero-order chi connectivity index (χ0) is 15.5. The molecule has 1 aromatic rings. The Morgan fingerprint density at radius 1 is 1.40 bits per heavy atom. The van der Waals surface area contributed by atoms with E-state index in [2.05, 4.69) is 44.8 Å². The summed E-state index contributed by atoms with van der Waals surface area (Å²) in [5.74, 6) is 0.922. The highest BCUT2D eigenvalue weighted by atomic mass is 16.5. The van der Waals surface area contributed by atoms with E-state index in [0.29, 0.717) is 0 Å². The first-order valence-electron chi connectivity index (χ1n) is 7.20. The summed E-state index contributed by atoms with van der Waals surface area (Å²) < 4.78 is 5.47. The second-order valence-corrected chi connectivity index (χ2v) is 5.96. The van der Waals surface area contributed by atoms with Crippen LogP contribution in [-0.2, 0) is 6.42 Å². The van der Waals surface area contributed by atoms with E-state index in [1.165, 1.54) is 0 Å². The molecule has 4 nitrogen and oxygen atoms in total. The third-order valence-corrected chi connectivity index (χ3v) is 4.70. The topological polar surface area (TPSA) is 51.4 Å². The Morgan fingerprint density at radius 2 is 2.00 bits per heavy atom. The molecule has 0 aliphatic heterocycles. The maximum Gasteiger partial charge on any atom is 0.128 e. The highest BCUT2D eigenvalue weighted by Crippen LogP contribution is 2.27. The molecule has 20 heavy (non-hydrogen) atoms. The van der Waals surface area contributed by atoms with E-state index < -0.39 is 0 Å². The Balaban J connectivity index is 3.05. The average Bonchev–Trinajstić information content (AvgIpc) is 2.41. The zero-order valence-electron chi connectivity index (χ0n) is 13.9. The first-order chi connectivity index (χ1) is 9.27. The van der Waals surface area contributed by atoms with Gasteiger partial charge in [-0.2, -0.15) is 0 Å². The van der Waals surface area contributed by atoms with Crippen molar-refractivity contribution in [3.8, 4) is 5.75 Å². The average molecular weight is 279 g/mol. The van der Waals surface area contributed by atoms with E-state index in [-0.39, 0.29) is 11.6 Å². The summed E-state index contributed by atoms with van der Waals surface area (Å²) in [6, 6.07) is 0.0288. The maximum absolute atomic E-state index is 6.47. The second-order valence-electron chi connectivity index (χ2n) is 5.96. The molecule has 0 radical (unpaired) electrons. The van der Waals surface area contributed by atoms with Crippen molar-refractivity contribution in [2.24, 2.45) is 5.73 Å². The fourth-order valence-electron chi connectivity index (χ4n) is 2.62. The summed E-state index contributed by atoms with van der Waals surface area (Å²) >= 11 is 0. The van der Waals surface area contributed by atoms with Crippen LogP contribution in [0, 0.1) is 13.8 Å². The summed E-state index contributed by atoms with van der Waals surface area (Å²) in [5, 5.41) is 0. The van der Waals surface area contributed by atoms with Crippen LogP contribution in [-0.4, -0.2) is 42.7 Å². The molecule has 0 aliphatic rings. The van der Waals surface area contributed by atoms with Crippen LogP contribution in [0.4, 0.5) is 0 Å². The lowest BCUT2D eigenvalue weighted by atomic mass is 9.85. The number of likely N-dealkylation sites (N-methyl/N-ethyl adjacent to an activating group) is 1. The highest BCUT2D eigenvalue weighted by Gasteiger charge is 2.32. The zero-order valence-corrected chi connectivity index (χ0v) is 13.9. The van der Waals surface area contributed by atoms with Crippen molar-refractivity contribution in [2.45, 2.75) is 52.1 Å². The molecule has 4 heteroatoms. The van der Waals surface area contributed by atoms with E-state index in [4.69, 9.17) is 10.5 Å². The maximum atomic E-state index is 6.47. The fraction of sp³-hybridized carbons (Fsp3) is 0.688. The SMILES string of the molecule is CCC(C)(C(N)Cc1ncc(C)c(OC)c1C)N(C)C. The van der Waals surface area contributed by atoms with Crippen molar-refractivity contribution >= 4 is 0 Å². The Labute approximate surface area is 123 Å². The van der Waals surface area contributed by atoms with Crippen LogP contribution in [0.25, 0.3) is 0 Å². The van der Waals surface area contributed by atoms with E-state index in [1.807, 2.05) is 13.1 Å². The highest BCUT2D eigenvalue weighted by molar-refractivity contribution is 5.41. The molecule has 2 atom stereocenters. The van der Waals surface area contributed by atoms with Gasteiger partial charge in [-0.05, 0) is 41.3 Å². The van der Waals surface area contributed by atoms with Crippen molar-refractivity contribution in [2.75, 3.05) is 21.2 Å². The number of hydrogen-bond donors (Lipinski definition) is 1. The van der Waals surface area contributed by atoms with Crippen LogP contribution >= 0.6 is 0 Å². The molecule has 0 amide bonds. The molecule has 0 saturated carbocycles. The molecule has 1 heterocycles. The lowest BCUT2D eigenvalue weighted by Crippen LogP contribution is -2.56. The molecule has 1 aromatic heterocycles. The van der Waals surface area contributed by atoms with Crippen molar-refractivity contribution in [3.05, 3.63) is 23.0 Å². The summed E-state index contributed by atoms with van der Waals surface area (Å²) in [6.07, 6.45) is 3.63. The Hall–Kier alpha value is -1.13. The molecule has 0 fully saturated rings. The first-order valence-corrected chi connectivity index (χ1v) is 7.20. The quantitative estimate of drug-likeness (QED) is 0.868. The number of ether oxygens (including phenoxy) is 1. The van der Waals surface area contributed by atoms with Crippen LogP contribution in [0.15, 0.2) is 6.20 Å². The molecule has 0 spiro atoms. The van der Waals surface area contributed by atoms with Gasteiger partial charge in [-0.1, -0.05) is 6.92 Å². The van der Waals surface area contributed by atoms with E-state index >= 15 is 0 Å². The van der Waals surface area contributed by atoms with Gasteiger partial charge in [0.05, 0.1) is 7.11 Å². The number of nitrogens with zero attached hydrogens (tertiary/aromatic N) is 2. The standard InChI is InChI=1S/C16H29N3O/c1-8-16(4,19(5)6)14(17)9-13-12(3)15(20-7)11(2)10-18-13/h10,14H,8-9,17H2,1-7H3. The number of rotatable bonds is 6. The Kier molecular flexibility index (Phi) is 5.54. The Morgan fingerprint density at radius 3 is 2.45 bits per heavy atom. The third kappa shape index (κ3) is 3.13. The fourth-order valence-corrected chi connectivity index (χ4v) is 2.62. The van der Waals surface area contributed by atoms with Gasteiger partial charge in [0.1, 0.15) is 5.75 Å². The normalized spacial score (nSPS) is 16.1. The van der Waals surface area contributed by atoms with E-state index in [1.54, 1.807) is 7.11 Å². The molecular formula is C16H29N3O. The van der Waals surface area contributed by atoms with Gasteiger partial charge in [-0.15, -0.1) is 0 Å². The van der Waals surface area contributed by atoms with Gasteiger partial charge in [0.2, 0.25) is 0 Å². The van der Waals surface area contributed by atoms with Crippen LogP contribution < -0.4 is 10.5 Å². The van der Waals surface area contributed by atoms with E-state index in [9.17, 15) is 0 Å². The minimum atomic E-state index is -0.0355. The third-order valence-electron chi connectivity index (χ3n) is 4.70. The number of hydrogen-bond acceptors (Lipinski definition) is 4. The summed E-state index contributed by atoms with van der Waals surface area (Å²) in [6.45, 7) is 8.45. The summed E-state index contributed by atoms with van der Waals surface area (Å²) in [4.78, 5) is 6.76. The van der Waals surface area contributed by atoms with Gasteiger partial charge >= 0.3 is 0 Å². The first kappa shape index (κ1) is 16.9. The number of pyridine rings is 1. The van der Waals surface area contributed by atoms with Crippen molar-refractivity contribution < 1.29 is 4.74 Å². The summed E-state index contributed by atoms with van der Waals surface area (Å²) in [7, 11) is 5.87. The lowest BCUT2D eigenvalue weighted by Gasteiger charge is -2.41.